The zero-order valence-electron chi connectivity index (χ0n) is 23.9. The zero-order valence-corrected chi connectivity index (χ0v) is 25.5. The van der Waals surface area contributed by atoms with Crippen molar-refractivity contribution in [3.8, 4) is 0 Å². The Labute approximate surface area is 239 Å². The molecule has 1 amide bonds. The Morgan fingerprint density at radius 2 is 1.72 bits per heavy atom. The van der Waals surface area contributed by atoms with Crippen molar-refractivity contribution in [2.75, 3.05) is 37.6 Å². The Kier molecular flexibility index (Phi) is 9.14. The van der Waals surface area contributed by atoms with Gasteiger partial charge in [-0.3, -0.25) is 9.69 Å². The molecule has 1 saturated heterocycles. The van der Waals surface area contributed by atoms with Gasteiger partial charge < -0.3 is 4.90 Å². The maximum atomic E-state index is 12.7. The van der Waals surface area contributed by atoms with E-state index in [-0.39, 0.29) is 0 Å². The van der Waals surface area contributed by atoms with Crippen molar-refractivity contribution >= 4 is 38.8 Å². The molecule has 1 fully saturated rings. The third-order valence-electron chi connectivity index (χ3n) is 8.10. The standard InChI is InChI=1S/C31H42ClN3O3S/c1-6-23-19-27(11-12-28(23)30(36)33-39(37,38)22(2)3)35-17-15-34(16-18-35)21-25-13-14-31(4,5)20-29(25)24-7-9-26(32)10-8-24/h7-12,19,22H,6,13-18,20-21H2,1-5H3,(H,33,36). The van der Waals surface area contributed by atoms with Crippen molar-refractivity contribution in [1.82, 2.24) is 9.62 Å². The SMILES string of the molecule is CCc1cc(N2CCN(CC3=C(c4ccc(Cl)cc4)CC(C)(C)CC3)CC2)ccc1C(=O)NS(=O)(=O)C(C)C. The first-order valence-corrected chi connectivity index (χ1v) is 15.9. The molecular formula is C31H42ClN3O3S. The summed E-state index contributed by atoms with van der Waals surface area (Å²) in [5.74, 6) is -0.558. The Bertz CT molecular complexity index is 1330. The lowest BCUT2D eigenvalue weighted by molar-refractivity contribution is 0.0980. The highest BCUT2D eigenvalue weighted by atomic mass is 35.5. The van der Waals surface area contributed by atoms with Crippen molar-refractivity contribution in [3.63, 3.8) is 0 Å². The quantitative estimate of drug-likeness (QED) is 0.411. The van der Waals surface area contributed by atoms with Gasteiger partial charge in [-0.25, -0.2) is 13.1 Å². The van der Waals surface area contributed by atoms with Crippen molar-refractivity contribution in [2.45, 2.75) is 65.6 Å². The summed E-state index contributed by atoms with van der Waals surface area (Å²) >= 11 is 6.17. The molecule has 0 radical (unpaired) electrons. The van der Waals surface area contributed by atoms with Gasteiger partial charge in [0.15, 0.2) is 0 Å². The van der Waals surface area contributed by atoms with E-state index >= 15 is 0 Å². The number of nitrogens with one attached hydrogen (secondary N) is 1. The van der Waals surface area contributed by atoms with Crippen LogP contribution >= 0.6 is 11.6 Å². The number of anilines is 1. The number of rotatable bonds is 8. The van der Waals surface area contributed by atoms with E-state index in [4.69, 9.17) is 11.6 Å². The maximum Gasteiger partial charge on any atom is 0.265 e. The minimum absolute atomic E-state index is 0.302. The van der Waals surface area contributed by atoms with Crippen molar-refractivity contribution in [3.05, 3.63) is 69.8 Å². The van der Waals surface area contributed by atoms with Gasteiger partial charge in [0.1, 0.15) is 0 Å². The van der Waals surface area contributed by atoms with Crippen LogP contribution in [0.25, 0.3) is 5.57 Å². The average Bonchev–Trinajstić information content (AvgIpc) is 2.89. The van der Waals surface area contributed by atoms with Crippen LogP contribution < -0.4 is 9.62 Å². The smallest absolute Gasteiger partial charge is 0.265 e. The fourth-order valence-corrected chi connectivity index (χ4v) is 6.22. The first-order chi connectivity index (χ1) is 18.4. The Balaban J connectivity index is 1.44. The minimum atomic E-state index is -3.67. The Morgan fingerprint density at radius 3 is 2.33 bits per heavy atom. The monoisotopic (exact) mass is 571 g/mol. The van der Waals surface area contributed by atoms with E-state index in [9.17, 15) is 13.2 Å². The summed E-state index contributed by atoms with van der Waals surface area (Å²) in [4.78, 5) is 17.6. The molecule has 2 aromatic carbocycles. The predicted octanol–water partition coefficient (Wildman–Crippen LogP) is 6.16. The molecule has 2 aliphatic rings. The molecule has 0 saturated carbocycles. The number of benzene rings is 2. The van der Waals surface area contributed by atoms with Gasteiger partial charge in [-0.2, -0.15) is 0 Å². The van der Waals surface area contributed by atoms with Gasteiger partial charge in [-0.05, 0) is 92.0 Å². The highest BCUT2D eigenvalue weighted by molar-refractivity contribution is 7.90. The molecule has 6 nitrogen and oxygen atoms in total. The van der Waals surface area contributed by atoms with E-state index in [1.165, 1.54) is 17.6 Å². The molecule has 1 N–H and O–H groups in total. The molecular weight excluding hydrogens is 530 g/mol. The highest BCUT2D eigenvalue weighted by Crippen LogP contribution is 2.43. The lowest BCUT2D eigenvalue weighted by Gasteiger charge is -2.39. The number of sulfonamides is 1. The molecule has 8 heteroatoms. The normalized spacial score (nSPS) is 18.5. The van der Waals surface area contributed by atoms with Crippen LogP contribution in [0.1, 0.15) is 75.4 Å². The average molecular weight is 572 g/mol. The fraction of sp³-hybridized carbons (Fsp3) is 0.516. The van der Waals surface area contributed by atoms with Crippen LogP contribution in [0.3, 0.4) is 0 Å². The number of allylic oxidation sites excluding steroid dienone is 1. The summed E-state index contributed by atoms with van der Waals surface area (Å²) in [5.41, 5.74) is 6.97. The van der Waals surface area contributed by atoms with E-state index in [1.54, 1.807) is 25.5 Å². The van der Waals surface area contributed by atoms with Crippen LogP contribution in [-0.4, -0.2) is 57.2 Å². The second-order valence-corrected chi connectivity index (χ2v) is 14.6. The summed E-state index contributed by atoms with van der Waals surface area (Å²) in [6.07, 6.45) is 4.07. The molecule has 0 unspecified atom stereocenters. The molecule has 0 atom stereocenters. The molecule has 0 bridgehead atoms. The van der Waals surface area contributed by atoms with E-state index in [0.717, 1.165) is 61.8 Å². The number of hydrogen-bond donors (Lipinski definition) is 1. The number of halogens is 1. The first-order valence-electron chi connectivity index (χ1n) is 14.0. The van der Waals surface area contributed by atoms with Crippen LogP contribution in [0.4, 0.5) is 5.69 Å². The number of amides is 1. The number of aryl methyl sites for hydroxylation is 1. The maximum absolute atomic E-state index is 12.7. The molecule has 1 aliphatic heterocycles. The lowest BCUT2D eigenvalue weighted by atomic mass is 9.72. The molecule has 39 heavy (non-hydrogen) atoms. The van der Waals surface area contributed by atoms with Gasteiger partial charge in [-0.15, -0.1) is 0 Å². The number of hydrogen-bond acceptors (Lipinski definition) is 5. The number of carbonyl (C=O) groups excluding carboxylic acids is 1. The fourth-order valence-electron chi connectivity index (χ4n) is 5.49. The summed E-state index contributed by atoms with van der Waals surface area (Å²) in [7, 11) is -3.67. The van der Waals surface area contributed by atoms with Crippen LogP contribution in [0, 0.1) is 5.41 Å². The van der Waals surface area contributed by atoms with Crippen LogP contribution in [0.5, 0.6) is 0 Å². The Morgan fingerprint density at radius 1 is 1.05 bits per heavy atom. The van der Waals surface area contributed by atoms with Crippen molar-refractivity contribution in [1.29, 1.82) is 0 Å². The van der Waals surface area contributed by atoms with E-state index in [2.05, 4.69) is 40.5 Å². The second kappa shape index (κ2) is 12.0. The molecule has 4 rings (SSSR count). The summed E-state index contributed by atoms with van der Waals surface area (Å²) in [5, 5.41) is 0.104. The topological polar surface area (TPSA) is 69.7 Å². The summed E-state index contributed by atoms with van der Waals surface area (Å²) in [6, 6.07) is 14.0. The number of carbonyl (C=O) groups is 1. The minimum Gasteiger partial charge on any atom is -0.369 e. The van der Waals surface area contributed by atoms with Gasteiger partial charge in [-0.1, -0.05) is 50.1 Å². The van der Waals surface area contributed by atoms with Crippen LogP contribution in [0.2, 0.25) is 5.02 Å². The second-order valence-electron chi connectivity index (χ2n) is 11.9. The molecule has 0 aromatic heterocycles. The first kappa shape index (κ1) is 29.6. The van der Waals surface area contributed by atoms with Gasteiger partial charge in [0.05, 0.1) is 5.25 Å². The van der Waals surface area contributed by atoms with E-state index in [0.29, 0.717) is 17.4 Å². The largest absolute Gasteiger partial charge is 0.369 e. The lowest BCUT2D eigenvalue weighted by Crippen LogP contribution is -2.47. The molecule has 0 spiro atoms. The predicted molar refractivity (Wildman–Crippen MR) is 162 cm³/mol. The highest BCUT2D eigenvalue weighted by Gasteiger charge is 2.29. The molecule has 1 aliphatic carbocycles. The van der Waals surface area contributed by atoms with Gasteiger partial charge in [0.2, 0.25) is 10.0 Å². The summed E-state index contributed by atoms with van der Waals surface area (Å²) < 4.78 is 26.6. The van der Waals surface area contributed by atoms with E-state index in [1.807, 2.05) is 31.2 Å². The third-order valence-corrected chi connectivity index (χ3v) is 10.1. The summed E-state index contributed by atoms with van der Waals surface area (Å²) in [6.45, 7) is 14.6. The zero-order chi connectivity index (χ0) is 28.4. The van der Waals surface area contributed by atoms with Crippen molar-refractivity contribution in [2.24, 2.45) is 5.41 Å². The number of piperazine rings is 1. The molecule has 1 heterocycles. The van der Waals surface area contributed by atoms with Gasteiger partial charge in [0.25, 0.3) is 5.91 Å². The van der Waals surface area contributed by atoms with Crippen LogP contribution in [0.15, 0.2) is 48.0 Å². The molecule has 2 aromatic rings. The van der Waals surface area contributed by atoms with Crippen molar-refractivity contribution < 1.29 is 13.2 Å². The van der Waals surface area contributed by atoms with E-state index < -0.39 is 21.2 Å². The molecule has 212 valence electrons. The Hall–Kier alpha value is -2.35. The van der Waals surface area contributed by atoms with Gasteiger partial charge in [0, 0.05) is 49.0 Å². The number of nitrogens with zero attached hydrogens (tertiary/aromatic N) is 2. The third kappa shape index (κ3) is 7.24. The van der Waals surface area contributed by atoms with Gasteiger partial charge >= 0.3 is 0 Å². The van der Waals surface area contributed by atoms with Crippen LogP contribution in [-0.2, 0) is 16.4 Å².